The number of unbranched alkanes of at least 4 members (excludes halogenated alkanes) is 4. The van der Waals surface area contributed by atoms with Gasteiger partial charge in [-0.25, -0.2) is 9.59 Å². The van der Waals surface area contributed by atoms with E-state index in [1.807, 2.05) is 0 Å². The van der Waals surface area contributed by atoms with Gasteiger partial charge in [0.2, 0.25) is 0 Å². The Morgan fingerprint density at radius 1 is 0.862 bits per heavy atom. The largest absolute Gasteiger partial charge is 0.462 e. The minimum atomic E-state index is -4.55. The highest BCUT2D eigenvalue weighted by atomic mass is 19.4. The van der Waals surface area contributed by atoms with E-state index in [9.17, 15) is 22.8 Å². The van der Waals surface area contributed by atoms with Crippen LogP contribution in [0.3, 0.4) is 0 Å². The summed E-state index contributed by atoms with van der Waals surface area (Å²) < 4.78 is 48.5. The smallest absolute Gasteiger partial charge is 0.416 e. The number of carbonyl (C=O) groups is 2. The first kappa shape index (κ1) is 22.5. The number of hydrogen-bond acceptors (Lipinski definition) is 4. The van der Waals surface area contributed by atoms with E-state index in [0.717, 1.165) is 50.3 Å². The van der Waals surface area contributed by atoms with Crippen LogP contribution in [-0.4, -0.2) is 18.5 Å². The van der Waals surface area contributed by atoms with Crippen molar-refractivity contribution in [1.29, 1.82) is 0 Å². The van der Waals surface area contributed by atoms with E-state index in [0.29, 0.717) is 12.2 Å². The van der Waals surface area contributed by atoms with Crippen LogP contribution in [0.25, 0.3) is 0 Å². The molecular weight excluding hydrogens is 385 g/mol. The normalized spacial score (nSPS) is 11.2. The first-order chi connectivity index (χ1) is 13.8. The van der Waals surface area contributed by atoms with Gasteiger partial charge in [-0.1, -0.05) is 38.7 Å². The molecule has 0 spiro atoms. The molecule has 0 atom stereocenters. The first-order valence-corrected chi connectivity index (χ1v) is 9.48. The third-order valence-corrected chi connectivity index (χ3v) is 4.21. The second kappa shape index (κ2) is 10.6. The molecule has 0 aliphatic carbocycles. The Kier molecular flexibility index (Phi) is 8.24. The van der Waals surface area contributed by atoms with Gasteiger partial charge in [0.15, 0.2) is 0 Å². The van der Waals surface area contributed by atoms with E-state index in [4.69, 9.17) is 9.47 Å². The molecule has 0 bridgehead atoms. The highest BCUT2D eigenvalue weighted by Crippen LogP contribution is 2.29. The average Bonchev–Trinajstić information content (AvgIpc) is 2.70. The molecule has 2 rings (SSSR count). The maximum atomic E-state index is 12.7. The van der Waals surface area contributed by atoms with Crippen LogP contribution in [0.4, 0.5) is 13.2 Å². The molecule has 0 saturated carbocycles. The van der Waals surface area contributed by atoms with Crippen molar-refractivity contribution in [3.8, 4) is 5.75 Å². The van der Waals surface area contributed by atoms with Gasteiger partial charge < -0.3 is 9.47 Å². The summed E-state index contributed by atoms with van der Waals surface area (Å²) in [7, 11) is 0. The molecule has 0 unspecified atom stereocenters. The molecule has 4 nitrogen and oxygen atoms in total. The number of rotatable bonds is 9. The summed E-state index contributed by atoms with van der Waals surface area (Å²) in [6.45, 7) is 2.47. The van der Waals surface area contributed by atoms with Gasteiger partial charge in [0.1, 0.15) is 5.75 Å². The molecule has 156 valence electrons. The van der Waals surface area contributed by atoms with E-state index in [1.54, 1.807) is 0 Å². The molecule has 2 aromatic rings. The second-order valence-corrected chi connectivity index (χ2v) is 6.54. The van der Waals surface area contributed by atoms with Crippen LogP contribution in [0.2, 0.25) is 0 Å². The lowest BCUT2D eigenvalue weighted by Crippen LogP contribution is -2.12. The Morgan fingerprint density at radius 2 is 1.55 bits per heavy atom. The van der Waals surface area contributed by atoms with Crippen molar-refractivity contribution in [3.05, 3.63) is 65.2 Å². The molecule has 0 aliphatic rings. The Morgan fingerprint density at radius 3 is 2.21 bits per heavy atom. The molecule has 0 saturated heterocycles. The standard InChI is InChI=1S/C22H23F3O4/c1-2-3-4-5-6-14-28-20(26)16-10-12-19(13-11-16)29-21(27)17-8-7-9-18(15-17)22(23,24)25/h7-13,15H,2-6,14H2,1H3. The van der Waals surface area contributed by atoms with Crippen LogP contribution >= 0.6 is 0 Å². The van der Waals surface area contributed by atoms with Gasteiger partial charge in [0, 0.05) is 0 Å². The second-order valence-electron chi connectivity index (χ2n) is 6.54. The third kappa shape index (κ3) is 7.25. The van der Waals surface area contributed by atoms with Crippen LogP contribution in [-0.2, 0) is 10.9 Å². The molecule has 0 aliphatic heterocycles. The van der Waals surface area contributed by atoms with Crippen molar-refractivity contribution in [2.45, 2.75) is 45.2 Å². The average molecular weight is 408 g/mol. The van der Waals surface area contributed by atoms with Gasteiger partial charge in [-0.05, 0) is 48.9 Å². The zero-order valence-corrected chi connectivity index (χ0v) is 16.1. The molecular formula is C22H23F3O4. The first-order valence-electron chi connectivity index (χ1n) is 9.48. The van der Waals surface area contributed by atoms with Crippen LogP contribution < -0.4 is 4.74 Å². The maximum absolute atomic E-state index is 12.7. The van der Waals surface area contributed by atoms with Crippen molar-refractivity contribution in [1.82, 2.24) is 0 Å². The molecule has 29 heavy (non-hydrogen) atoms. The Balaban J connectivity index is 1.88. The van der Waals surface area contributed by atoms with Gasteiger partial charge >= 0.3 is 18.1 Å². The lowest BCUT2D eigenvalue weighted by Gasteiger charge is -2.09. The summed E-state index contributed by atoms with van der Waals surface area (Å²) in [6, 6.07) is 9.65. The number of benzene rings is 2. The topological polar surface area (TPSA) is 52.6 Å². The predicted molar refractivity (Wildman–Crippen MR) is 102 cm³/mol. The monoisotopic (exact) mass is 408 g/mol. The number of ether oxygens (including phenoxy) is 2. The van der Waals surface area contributed by atoms with E-state index >= 15 is 0 Å². The summed E-state index contributed by atoms with van der Waals surface area (Å²) in [5.74, 6) is -1.28. The minimum Gasteiger partial charge on any atom is -0.462 e. The quantitative estimate of drug-likeness (QED) is 0.288. The molecule has 0 aromatic heterocycles. The van der Waals surface area contributed by atoms with Gasteiger partial charge in [0.25, 0.3) is 0 Å². The lowest BCUT2D eigenvalue weighted by atomic mass is 10.1. The lowest BCUT2D eigenvalue weighted by molar-refractivity contribution is -0.137. The Hall–Kier alpha value is -2.83. The predicted octanol–water partition coefficient (Wildman–Crippen LogP) is 6.05. The number of carbonyl (C=O) groups excluding carboxylic acids is 2. The molecule has 7 heteroatoms. The minimum absolute atomic E-state index is 0.114. The van der Waals surface area contributed by atoms with Crippen molar-refractivity contribution in [3.63, 3.8) is 0 Å². The summed E-state index contributed by atoms with van der Waals surface area (Å²) in [5, 5.41) is 0. The summed E-state index contributed by atoms with van der Waals surface area (Å²) in [5.41, 5.74) is -0.844. The number of alkyl halides is 3. The van der Waals surface area contributed by atoms with Crippen molar-refractivity contribution in [2.75, 3.05) is 6.61 Å². The van der Waals surface area contributed by atoms with Crippen LogP contribution in [0, 0.1) is 0 Å². The van der Waals surface area contributed by atoms with Crippen molar-refractivity contribution in [2.24, 2.45) is 0 Å². The van der Waals surface area contributed by atoms with E-state index < -0.39 is 23.7 Å². The fourth-order valence-electron chi connectivity index (χ4n) is 2.60. The highest BCUT2D eigenvalue weighted by molar-refractivity contribution is 5.92. The van der Waals surface area contributed by atoms with E-state index in [-0.39, 0.29) is 11.3 Å². The van der Waals surface area contributed by atoms with Gasteiger partial charge in [-0.3, -0.25) is 0 Å². The molecule has 0 fully saturated rings. The number of halogens is 3. The highest BCUT2D eigenvalue weighted by Gasteiger charge is 2.31. The van der Waals surface area contributed by atoms with Crippen LogP contribution in [0.5, 0.6) is 5.75 Å². The van der Waals surface area contributed by atoms with Crippen molar-refractivity contribution < 1.29 is 32.2 Å². The number of esters is 2. The Labute approximate surface area is 167 Å². The van der Waals surface area contributed by atoms with Gasteiger partial charge in [-0.2, -0.15) is 13.2 Å². The molecule has 0 N–H and O–H groups in total. The zero-order chi connectivity index (χ0) is 21.3. The van der Waals surface area contributed by atoms with E-state index in [2.05, 4.69) is 6.92 Å². The molecule has 0 amide bonds. The molecule has 0 radical (unpaired) electrons. The van der Waals surface area contributed by atoms with Crippen LogP contribution in [0.1, 0.15) is 65.3 Å². The third-order valence-electron chi connectivity index (χ3n) is 4.21. The van der Waals surface area contributed by atoms with Crippen LogP contribution in [0.15, 0.2) is 48.5 Å². The maximum Gasteiger partial charge on any atom is 0.416 e. The molecule has 0 heterocycles. The summed E-state index contributed by atoms with van der Waals surface area (Å²) in [6.07, 6.45) is 0.678. The summed E-state index contributed by atoms with van der Waals surface area (Å²) in [4.78, 5) is 24.1. The van der Waals surface area contributed by atoms with Gasteiger partial charge in [-0.15, -0.1) is 0 Å². The number of hydrogen-bond donors (Lipinski definition) is 0. The van der Waals surface area contributed by atoms with E-state index in [1.165, 1.54) is 30.3 Å². The fourth-order valence-corrected chi connectivity index (χ4v) is 2.60. The Bertz CT molecular complexity index is 814. The zero-order valence-electron chi connectivity index (χ0n) is 16.1. The molecule has 2 aromatic carbocycles. The van der Waals surface area contributed by atoms with Gasteiger partial charge in [0.05, 0.1) is 23.3 Å². The SMILES string of the molecule is CCCCCCCOC(=O)c1ccc(OC(=O)c2cccc(C(F)(F)F)c2)cc1. The summed E-state index contributed by atoms with van der Waals surface area (Å²) >= 11 is 0. The fraction of sp³-hybridized carbons (Fsp3) is 0.364. The van der Waals surface area contributed by atoms with Crippen molar-refractivity contribution >= 4 is 11.9 Å².